The molecule has 0 unspecified atom stereocenters. The number of carbonyl (C=O) groups excluding carboxylic acids is 1. The van der Waals surface area contributed by atoms with Gasteiger partial charge in [0.25, 0.3) is 0 Å². The van der Waals surface area contributed by atoms with Crippen LogP contribution in [0, 0.1) is 17.7 Å². The number of halogens is 4. The number of nitrogens with zero attached hydrogens (tertiary/aromatic N) is 5. The van der Waals surface area contributed by atoms with Gasteiger partial charge in [0.15, 0.2) is 11.6 Å². The molecule has 0 spiro atoms. The molecule has 236 valence electrons. The second kappa shape index (κ2) is 13.3. The van der Waals surface area contributed by atoms with E-state index in [0.717, 1.165) is 50.3 Å². The predicted molar refractivity (Wildman–Crippen MR) is 152 cm³/mol. The molecule has 1 aromatic carbocycles. The zero-order valence-corrected chi connectivity index (χ0v) is 24.4. The Hall–Kier alpha value is -4.03. The zero-order valence-electron chi connectivity index (χ0n) is 24.4. The highest BCUT2D eigenvalue weighted by Crippen LogP contribution is 2.41. The highest BCUT2D eigenvalue weighted by Gasteiger charge is 2.38. The highest BCUT2D eigenvalue weighted by atomic mass is 19.4. The van der Waals surface area contributed by atoms with Crippen LogP contribution in [0.2, 0.25) is 0 Å². The number of carboxylic acid groups (broad SMARTS) is 1. The molecule has 9 nitrogen and oxygen atoms in total. The van der Waals surface area contributed by atoms with Crippen LogP contribution in [0.5, 0.6) is 11.6 Å². The van der Waals surface area contributed by atoms with Gasteiger partial charge < -0.3 is 14.7 Å². The summed E-state index contributed by atoms with van der Waals surface area (Å²) in [5, 5.41) is 18.0. The fraction of sp³-hybridized carbons (Fsp3) is 0.516. The number of anilines is 1. The first kappa shape index (κ1) is 31.4. The minimum Gasteiger partial charge on any atom is -0.478 e. The van der Waals surface area contributed by atoms with E-state index in [0.29, 0.717) is 31.6 Å². The Bertz CT molecular complexity index is 1470. The number of rotatable bonds is 9. The lowest BCUT2D eigenvalue weighted by molar-refractivity contribution is -0.139. The first-order valence-electron chi connectivity index (χ1n) is 15.0. The van der Waals surface area contributed by atoms with E-state index in [2.05, 4.69) is 22.1 Å². The highest BCUT2D eigenvalue weighted by molar-refractivity contribution is 6.03. The number of hydrogen-bond donors (Lipinski definition) is 1. The number of pyridine rings is 1. The lowest BCUT2D eigenvalue weighted by atomic mass is 9.81. The molecule has 13 heteroatoms. The van der Waals surface area contributed by atoms with Gasteiger partial charge in [-0.2, -0.15) is 28.2 Å². The van der Waals surface area contributed by atoms with Crippen LogP contribution in [0.15, 0.2) is 36.8 Å². The standard InChI is InChI=1S/C31H35F4N5O4/c1-19-7-9-21(10-8-19)29(41)40(22-5-3-2-4-6-22)26-17-25(32)27(16-23(26)30(42)43)44-28-24(31(33,34)35)15-20(18-36-28)11-14-39-37-12-13-38-39/h12-13,15-19,21-22H,2-11,14H2,1H3,(H,42,43)/t19-,21-. The maximum Gasteiger partial charge on any atom is 0.421 e. The number of alkyl halides is 3. The second-order valence-electron chi connectivity index (χ2n) is 11.7. The minimum absolute atomic E-state index is 0.107. The number of hydrogen-bond acceptors (Lipinski definition) is 6. The van der Waals surface area contributed by atoms with Crippen LogP contribution in [0.3, 0.4) is 0 Å². The van der Waals surface area contributed by atoms with E-state index in [1.807, 2.05) is 0 Å². The van der Waals surface area contributed by atoms with Crippen molar-refractivity contribution in [2.24, 2.45) is 11.8 Å². The van der Waals surface area contributed by atoms with Crippen molar-refractivity contribution in [3.8, 4) is 11.6 Å². The molecule has 2 saturated carbocycles. The molecule has 2 aromatic heterocycles. The van der Waals surface area contributed by atoms with Crippen LogP contribution in [-0.2, 0) is 23.9 Å². The number of carbonyl (C=O) groups is 2. The molecule has 0 radical (unpaired) electrons. The predicted octanol–water partition coefficient (Wildman–Crippen LogP) is 7.06. The van der Waals surface area contributed by atoms with E-state index < -0.39 is 40.7 Å². The summed E-state index contributed by atoms with van der Waals surface area (Å²) >= 11 is 0. The number of carboxylic acids is 1. The molecule has 5 rings (SSSR count). The summed E-state index contributed by atoms with van der Waals surface area (Å²) in [6.07, 6.45) is 6.36. The SMILES string of the molecule is C[C@H]1CC[C@H](C(=O)N(c2cc(F)c(Oc3ncc(CCn4nccn4)cc3C(F)(F)F)cc2C(=O)O)C2CCCCC2)CC1. The van der Waals surface area contributed by atoms with E-state index in [4.69, 9.17) is 4.74 Å². The lowest BCUT2D eigenvalue weighted by Crippen LogP contribution is -2.46. The van der Waals surface area contributed by atoms with E-state index in [-0.39, 0.29) is 42.1 Å². The van der Waals surface area contributed by atoms with Gasteiger partial charge in [0.05, 0.1) is 30.2 Å². The van der Waals surface area contributed by atoms with Crippen LogP contribution in [0.4, 0.5) is 23.2 Å². The van der Waals surface area contributed by atoms with Crippen LogP contribution >= 0.6 is 0 Å². The van der Waals surface area contributed by atoms with Crippen molar-refractivity contribution in [1.82, 2.24) is 20.0 Å². The normalized spacial score (nSPS) is 19.5. The molecular weight excluding hydrogens is 582 g/mol. The van der Waals surface area contributed by atoms with Gasteiger partial charge >= 0.3 is 12.1 Å². The Morgan fingerprint density at radius 1 is 1.02 bits per heavy atom. The number of aromatic nitrogens is 4. The van der Waals surface area contributed by atoms with E-state index >= 15 is 4.39 Å². The summed E-state index contributed by atoms with van der Waals surface area (Å²) in [6, 6.07) is 2.29. The van der Waals surface area contributed by atoms with Crippen molar-refractivity contribution < 1.29 is 37.0 Å². The summed E-state index contributed by atoms with van der Waals surface area (Å²) in [7, 11) is 0. The molecule has 0 atom stereocenters. The fourth-order valence-electron chi connectivity index (χ4n) is 6.14. The first-order valence-corrected chi connectivity index (χ1v) is 15.0. The molecule has 2 aliphatic rings. The minimum atomic E-state index is -4.89. The smallest absolute Gasteiger partial charge is 0.421 e. The van der Waals surface area contributed by atoms with Gasteiger partial charge in [-0.3, -0.25) is 4.79 Å². The van der Waals surface area contributed by atoms with Crippen LogP contribution < -0.4 is 9.64 Å². The van der Waals surface area contributed by atoms with Crippen molar-refractivity contribution in [1.29, 1.82) is 0 Å². The number of benzene rings is 1. The third-order valence-corrected chi connectivity index (χ3v) is 8.57. The molecule has 0 saturated heterocycles. The molecule has 1 amide bonds. The van der Waals surface area contributed by atoms with Gasteiger partial charge in [-0.15, -0.1) is 0 Å². The maximum atomic E-state index is 15.7. The summed E-state index contributed by atoms with van der Waals surface area (Å²) in [6.45, 7) is 2.34. The summed E-state index contributed by atoms with van der Waals surface area (Å²) in [4.78, 5) is 33.0. The van der Waals surface area contributed by atoms with Gasteiger partial charge in [-0.25, -0.2) is 14.2 Å². The Kier molecular flexibility index (Phi) is 9.50. The molecule has 44 heavy (non-hydrogen) atoms. The number of aryl methyl sites for hydroxylation is 2. The van der Waals surface area contributed by atoms with Gasteiger partial charge in [-0.1, -0.05) is 26.2 Å². The Balaban J connectivity index is 1.48. The molecule has 3 aromatic rings. The Morgan fingerprint density at radius 2 is 1.70 bits per heavy atom. The van der Waals surface area contributed by atoms with Crippen molar-refractivity contribution in [2.45, 2.75) is 89.9 Å². The lowest BCUT2D eigenvalue weighted by Gasteiger charge is -2.38. The van der Waals surface area contributed by atoms with Crippen molar-refractivity contribution >= 4 is 17.6 Å². The molecule has 1 N–H and O–H groups in total. The van der Waals surface area contributed by atoms with Crippen molar-refractivity contribution in [2.75, 3.05) is 4.90 Å². The van der Waals surface area contributed by atoms with Gasteiger partial charge in [-0.05, 0) is 62.5 Å². The van der Waals surface area contributed by atoms with E-state index in [9.17, 15) is 27.9 Å². The molecule has 0 aliphatic heterocycles. The number of ether oxygens (including phenoxy) is 1. The largest absolute Gasteiger partial charge is 0.478 e. The maximum absolute atomic E-state index is 15.7. The topological polar surface area (TPSA) is 110 Å². The average molecular weight is 618 g/mol. The third-order valence-electron chi connectivity index (χ3n) is 8.57. The van der Waals surface area contributed by atoms with Gasteiger partial charge in [0.2, 0.25) is 11.8 Å². The summed E-state index contributed by atoms with van der Waals surface area (Å²) < 4.78 is 63.1. The zero-order chi connectivity index (χ0) is 31.4. The monoisotopic (exact) mass is 617 g/mol. The Morgan fingerprint density at radius 3 is 2.34 bits per heavy atom. The molecule has 2 fully saturated rings. The van der Waals surface area contributed by atoms with E-state index in [1.54, 1.807) is 0 Å². The van der Waals surface area contributed by atoms with Crippen LogP contribution in [0.1, 0.15) is 86.2 Å². The fourth-order valence-corrected chi connectivity index (χ4v) is 6.14. The third kappa shape index (κ3) is 7.19. The number of aromatic carboxylic acids is 1. The van der Waals surface area contributed by atoms with Crippen molar-refractivity contribution in [3.05, 3.63) is 59.3 Å². The summed E-state index contributed by atoms with van der Waals surface area (Å²) in [5.74, 6) is -4.26. The van der Waals surface area contributed by atoms with Gasteiger partial charge in [0, 0.05) is 30.3 Å². The van der Waals surface area contributed by atoms with E-state index in [1.165, 1.54) is 28.3 Å². The second-order valence-corrected chi connectivity index (χ2v) is 11.7. The summed E-state index contributed by atoms with van der Waals surface area (Å²) in [5.41, 5.74) is -1.55. The molecular formula is C31H35F4N5O4. The molecule has 0 bridgehead atoms. The quantitative estimate of drug-likeness (QED) is 0.256. The first-order chi connectivity index (χ1) is 21.0. The van der Waals surface area contributed by atoms with Crippen LogP contribution in [0.25, 0.3) is 0 Å². The number of amides is 1. The van der Waals surface area contributed by atoms with Gasteiger partial charge in [0.1, 0.15) is 5.56 Å². The van der Waals surface area contributed by atoms with Crippen LogP contribution in [-0.4, -0.2) is 43.0 Å². The Labute approximate surface area is 252 Å². The van der Waals surface area contributed by atoms with Crippen molar-refractivity contribution in [3.63, 3.8) is 0 Å². The molecule has 2 aliphatic carbocycles. The average Bonchev–Trinajstić information content (AvgIpc) is 3.52. The molecule has 2 heterocycles.